The minimum absolute atomic E-state index is 0. The lowest BCUT2D eigenvalue weighted by Crippen LogP contribution is -2.40. The number of hydrogen-bond donors (Lipinski definition) is 3. The van der Waals surface area contributed by atoms with Crippen LogP contribution in [0.1, 0.15) is 156 Å². The van der Waals surface area contributed by atoms with Crippen LogP contribution in [0.4, 0.5) is 17.6 Å². The molecule has 133 heavy (non-hydrogen) atoms. The van der Waals surface area contributed by atoms with Crippen molar-refractivity contribution in [1.82, 2.24) is 5.32 Å². The highest BCUT2D eigenvalue weighted by molar-refractivity contribution is 5.95. The first-order chi connectivity index (χ1) is 60.4. The molecule has 0 aliphatic carbocycles. The van der Waals surface area contributed by atoms with Gasteiger partial charge in [0.25, 0.3) is 5.91 Å². The molecule has 16 aromatic rings. The molecule has 0 unspecified atom stereocenters. The summed E-state index contributed by atoms with van der Waals surface area (Å²) in [5.41, 5.74) is 29.4. The fourth-order valence-electron chi connectivity index (χ4n) is 13.0. The number of hydrogen-bond acceptors (Lipinski definition) is 4. The Kier molecular flexibility index (Phi) is 49.5. The molecule has 0 aliphatic heterocycles. The van der Waals surface area contributed by atoms with Crippen LogP contribution in [0.3, 0.4) is 0 Å². The molecular formula is C122H137F4NO6. The highest BCUT2D eigenvalue weighted by atomic mass is 19.4. The quantitative estimate of drug-likeness (QED) is 0.0935. The van der Waals surface area contributed by atoms with E-state index in [1.165, 1.54) is 108 Å². The van der Waals surface area contributed by atoms with Crippen LogP contribution in [-0.2, 0) is 17.4 Å². The first-order valence-electron chi connectivity index (χ1n) is 41.7. The third kappa shape index (κ3) is 39.4. The van der Waals surface area contributed by atoms with E-state index in [0.29, 0.717) is 17.5 Å². The van der Waals surface area contributed by atoms with E-state index in [1.54, 1.807) is 31.4 Å². The largest absolute Gasteiger partial charge is 0.497 e. The summed E-state index contributed by atoms with van der Waals surface area (Å²) in [7, 11) is 1.68. The molecule has 1 amide bonds. The number of carbonyl (C=O) groups is 3. The predicted octanol–water partition coefficient (Wildman–Crippen LogP) is 35.2. The molecule has 0 heterocycles. The summed E-state index contributed by atoms with van der Waals surface area (Å²) in [5, 5.41) is 20.4. The molecule has 0 spiro atoms. The highest BCUT2D eigenvalue weighted by Gasteiger charge is 2.30. The monoisotopic (exact) mass is 1790 g/mol. The van der Waals surface area contributed by atoms with Crippen LogP contribution in [0, 0.1) is 61.2 Å². The fourth-order valence-corrected chi connectivity index (χ4v) is 13.0. The van der Waals surface area contributed by atoms with E-state index in [1.807, 2.05) is 186 Å². The second-order valence-electron chi connectivity index (χ2n) is 31.7. The molecule has 7 nitrogen and oxygen atoms in total. The molecule has 0 bridgehead atoms. The zero-order chi connectivity index (χ0) is 90.6. The Bertz CT molecular complexity index is 5970. The van der Waals surface area contributed by atoms with E-state index < -0.39 is 23.7 Å². The molecule has 694 valence electrons. The van der Waals surface area contributed by atoms with Gasteiger partial charge in [0.15, 0.2) is 0 Å². The lowest BCUT2D eigenvalue weighted by Gasteiger charge is -2.20. The van der Waals surface area contributed by atoms with Gasteiger partial charge in [-0.1, -0.05) is 436 Å². The summed E-state index contributed by atoms with van der Waals surface area (Å²) in [6.07, 6.45) is -3.50. The van der Waals surface area contributed by atoms with E-state index in [4.69, 9.17) is 14.9 Å². The maximum atomic E-state index is 12.7. The van der Waals surface area contributed by atoms with Gasteiger partial charge in [-0.2, -0.15) is 13.2 Å². The zero-order valence-corrected chi connectivity index (χ0v) is 73.6. The number of alkyl halides is 3. The van der Waals surface area contributed by atoms with Crippen LogP contribution in [0.5, 0.6) is 5.75 Å². The van der Waals surface area contributed by atoms with Crippen LogP contribution in [0.15, 0.2) is 400 Å². The topological polar surface area (TPSA) is 113 Å². The molecule has 0 aromatic heterocycles. The number of aliphatic carboxylic acids is 1. The van der Waals surface area contributed by atoms with Crippen molar-refractivity contribution >= 4 is 17.8 Å². The molecule has 0 radical (unpaired) electrons. The smallest absolute Gasteiger partial charge is 0.416 e. The van der Waals surface area contributed by atoms with Gasteiger partial charge < -0.3 is 20.3 Å². The van der Waals surface area contributed by atoms with Crippen molar-refractivity contribution in [2.24, 2.45) is 0 Å². The average molecular weight is 1790 g/mol. The number of nitrogens with one attached hydrogen (secondary N) is 1. The van der Waals surface area contributed by atoms with E-state index >= 15 is 0 Å². The van der Waals surface area contributed by atoms with Gasteiger partial charge in [0, 0.05) is 17.5 Å². The minimum atomic E-state index is -4.27. The maximum absolute atomic E-state index is 12.7. The number of carboxylic acids is 2. The molecule has 0 atom stereocenters. The minimum Gasteiger partial charge on any atom is -0.497 e. The van der Waals surface area contributed by atoms with Gasteiger partial charge >= 0.3 is 18.1 Å². The summed E-state index contributed by atoms with van der Waals surface area (Å²) in [6.45, 7) is 22.5. The van der Waals surface area contributed by atoms with Gasteiger partial charge in [-0.25, -0.2) is 9.18 Å². The molecule has 0 aliphatic rings. The molecule has 0 saturated carbocycles. The first kappa shape index (κ1) is 115. The maximum Gasteiger partial charge on any atom is 0.416 e. The third-order valence-electron chi connectivity index (χ3n) is 20.0. The van der Waals surface area contributed by atoms with Crippen LogP contribution in [-0.4, -0.2) is 40.7 Å². The molecule has 11 heteroatoms. The van der Waals surface area contributed by atoms with Crippen molar-refractivity contribution in [2.45, 2.75) is 153 Å². The van der Waals surface area contributed by atoms with Crippen molar-refractivity contribution in [3.63, 3.8) is 0 Å². The summed E-state index contributed by atoms with van der Waals surface area (Å²) in [6, 6.07) is 130. The highest BCUT2D eigenvalue weighted by Crippen LogP contribution is 2.33. The number of aryl methyl sites for hydroxylation is 9. The van der Waals surface area contributed by atoms with Crippen molar-refractivity contribution in [3.05, 3.63) is 473 Å². The molecule has 16 rings (SSSR count). The summed E-state index contributed by atoms with van der Waals surface area (Å²) < 4.78 is 54.9. The molecule has 0 fully saturated rings. The van der Waals surface area contributed by atoms with Crippen LogP contribution in [0.2, 0.25) is 0 Å². The van der Waals surface area contributed by atoms with Gasteiger partial charge in [-0.3, -0.25) is 9.59 Å². The molecule has 0 saturated heterocycles. The predicted molar refractivity (Wildman–Crippen MR) is 562 cm³/mol. The lowest BCUT2D eigenvalue weighted by molar-refractivity contribution is -0.138. The molecule has 3 N–H and O–H groups in total. The Morgan fingerprint density at radius 3 is 0.797 bits per heavy atom. The Hall–Kier alpha value is -14.6. The first-order valence-corrected chi connectivity index (χ1v) is 41.7. The van der Waals surface area contributed by atoms with E-state index in [0.717, 1.165) is 73.5 Å². The van der Waals surface area contributed by atoms with Gasteiger partial charge in [-0.05, 0) is 238 Å². The number of rotatable bonds is 14. The number of halogens is 4. The van der Waals surface area contributed by atoms with Gasteiger partial charge in [0.05, 0.1) is 18.2 Å². The van der Waals surface area contributed by atoms with Crippen molar-refractivity contribution in [3.8, 4) is 94.8 Å². The average Bonchev–Trinajstić information content (AvgIpc) is 0.855. The lowest BCUT2D eigenvalue weighted by atomic mass is 10.0. The second-order valence-corrected chi connectivity index (χ2v) is 31.7. The Labute approximate surface area is 792 Å². The van der Waals surface area contributed by atoms with Gasteiger partial charge in [0.2, 0.25) is 0 Å². The SMILES string of the molecule is C.C.C.C.C.C.C.COc1ccc(-c2ccc(C)cc2)cc1.Cc1ccc(-c2ccc(C(F)(F)F)cc2)cc1.Cc1ccc(-c2ccc(F)cc2)cc1.Cc1ccc(-c2ccccc2)cc1.Cc1cccc(-c2ccc(C(=O)NC(C)(C)C)cc2)c1.Cc1cccc(-c2ccc(C(=O)O)cc2)c1.Cc1cccc(-c2ccc(CCC(=O)O)cc2)c1.Cc1cccc(-c2ccccc2)c1. The van der Waals surface area contributed by atoms with E-state index in [9.17, 15) is 31.9 Å². The number of ether oxygens (including phenoxy) is 1. The second kappa shape index (κ2) is 57.5. The van der Waals surface area contributed by atoms with Crippen molar-refractivity contribution in [1.29, 1.82) is 0 Å². The molecule has 16 aromatic carbocycles. The normalized spacial score (nSPS) is 9.89. The van der Waals surface area contributed by atoms with Crippen LogP contribution >= 0.6 is 0 Å². The van der Waals surface area contributed by atoms with Crippen molar-refractivity contribution in [2.75, 3.05) is 7.11 Å². The van der Waals surface area contributed by atoms with Crippen LogP contribution in [0.25, 0.3) is 89.0 Å². The van der Waals surface area contributed by atoms with Gasteiger partial charge in [-0.15, -0.1) is 0 Å². The Morgan fingerprint density at radius 1 is 0.286 bits per heavy atom. The fraction of sp³-hybridized carbons (Fsp3) is 0.189. The zero-order valence-electron chi connectivity index (χ0n) is 73.6. The number of carboxylic acid groups (broad SMARTS) is 2. The van der Waals surface area contributed by atoms with Gasteiger partial charge in [0.1, 0.15) is 11.6 Å². The standard InChI is InChI=1S/C18H21NO.C16H16O2.C14H11F3.C14H12O2.C14H14O.C13H11F.2C13H12.7CH4/c1-13-6-5-7-16(12-13)14-8-10-15(11-9-14)17(20)19-18(2,3)4;1-12-3-2-4-15(11-12)14-8-5-13(6-9-14)7-10-16(17)18;1-10-2-4-11(5-3-10)12-6-8-13(9-7-12)14(15,16)17;1-10-3-2-4-13(9-10)11-5-7-12(8-6-11)14(15)16;1-11-3-5-12(6-4-11)13-7-9-14(15-2)10-8-13;1-10-2-4-11(5-3-10)12-6-8-13(14)9-7-12;1-11-6-5-9-13(10-11)12-7-3-2-4-8-12;1-11-7-9-13(10-8-11)12-5-3-2-4-6-12;;;;;;;/h5-12H,1-4H3,(H,19,20);2-6,8-9,11H,7,10H2,1H3,(H,17,18);2-9H,1H3;2-9H,1H3,(H,15,16);3-10H,1-2H3;2-9H,1H3;2*2-10H,1H3;7*1H4. The summed E-state index contributed by atoms with van der Waals surface area (Å²) in [4.78, 5) is 33.3. The Balaban J connectivity index is 0.000000512. The summed E-state index contributed by atoms with van der Waals surface area (Å²) in [5.74, 6) is -0.978. The number of amides is 1. The Morgan fingerprint density at radius 2 is 0.526 bits per heavy atom. The van der Waals surface area contributed by atoms with E-state index in [-0.39, 0.29) is 75.7 Å². The number of aromatic carboxylic acids is 1. The number of carbonyl (C=O) groups excluding carboxylic acids is 1. The van der Waals surface area contributed by atoms with Crippen molar-refractivity contribution < 1.29 is 46.9 Å². The van der Waals surface area contributed by atoms with Crippen LogP contribution < -0.4 is 10.1 Å². The summed E-state index contributed by atoms with van der Waals surface area (Å²) >= 11 is 0. The number of methoxy groups -OCH3 is 1. The van der Waals surface area contributed by atoms with E-state index in [2.05, 4.69) is 235 Å². The third-order valence-corrected chi connectivity index (χ3v) is 20.0. The molecular weight excluding hydrogens is 1650 g/mol. The number of benzene rings is 16.